The van der Waals surface area contributed by atoms with Crippen molar-refractivity contribution in [3.63, 3.8) is 0 Å². The minimum absolute atomic E-state index is 0. The molecule has 2 aromatic carbocycles. The lowest BCUT2D eigenvalue weighted by atomic mass is 9.96. The fraction of sp³-hybridized carbons (Fsp3) is 0.364. The number of rotatable bonds is 4. The van der Waals surface area contributed by atoms with Gasteiger partial charge in [0.05, 0.1) is 11.3 Å². The number of nitrogens with zero attached hydrogens (tertiary/aromatic N) is 2. The van der Waals surface area contributed by atoms with Gasteiger partial charge in [-0.2, -0.15) is 5.26 Å². The molecule has 1 aliphatic rings. The summed E-state index contributed by atoms with van der Waals surface area (Å²) in [6.45, 7) is 7.38. The van der Waals surface area contributed by atoms with E-state index in [4.69, 9.17) is 11.6 Å². The fourth-order valence-corrected chi connectivity index (χ4v) is 4.34. The average Bonchev–Trinajstić information content (AvgIpc) is 2.65. The number of nitrogens with one attached hydrogen (secondary N) is 1. The van der Waals surface area contributed by atoms with E-state index in [0.717, 1.165) is 54.0 Å². The van der Waals surface area contributed by atoms with E-state index in [1.165, 1.54) is 12.1 Å². The summed E-state index contributed by atoms with van der Waals surface area (Å²) in [5.74, 6) is -0.396. The van der Waals surface area contributed by atoms with Gasteiger partial charge in [-0.05, 0) is 80.1 Å². The maximum absolute atomic E-state index is 13.4. The topological polar surface area (TPSA) is 56.1 Å². The quantitative estimate of drug-likeness (QED) is 0.643. The molecule has 1 heterocycles. The van der Waals surface area contributed by atoms with E-state index in [2.05, 4.69) is 16.3 Å². The molecule has 0 saturated carbocycles. The maximum atomic E-state index is 13.4. The summed E-state index contributed by atoms with van der Waals surface area (Å²) < 4.78 is 13.4. The number of anilines is 2. The second kappa shape index (κ2) is 9.47. The molecule has 0 amide bonds. The Morgan fingerprint density at radius 3 is 2.45 bits per heavy atom. The molecule has 3 rings (SSSR count). The van der Waals surface area contributed by atoms with Crippen molar-refractivity contribution in [2.75, 3.05) is 23.3 Å². The highest BCUT2D eigenvalue weighted by molar-refractivity contribution is 6.68. The number of hydrogen-bond donors (Lipinski definition) is 1. The monoisotopic (exact) mass is 435 g/mol. The summed E-state index contributed by atoms with van der Waals surface area (Å²) in [5.41, 5.74) is 5.53. The lowest BCUT2D eigenvalue weighted by molar-refractivity contribution is 0.108. The lowest BCUT2D eigenvalue weighted by Gasteiger charge is -2.35. The number of nitriles is 1. The van der Waals surface area contributed by atoms with Crippen molar-refractivity contribution in [3.8, 4) is 6.07 Å². The van der Waals surface area contributed by atoms with Crippen molar-refractivity contribution in [1.82, 2.24) is 0 Å². The van der Waals surface area contributed by atoms with Gasteiger partial charge in [-0.3, -0.25) is 4.79 Å². The van der Waals surface area contributed by atoms with E-state index in [1.54, 1.807) is 6.07 Å². The Kier molecular flexibility index (Phi) is 7.51. The second-order valence-corrected chi connectivity index (χ2v) is 7.68. The van der Waals surface area contributed by atoms with Crippen LogP contribution < -0.4 is 10.2 Å². The van der Waals surface area contributed by atoms with Crippen LogP contribution in [-0.4, -0.2) is 24.4 Å². The zero-order valence-corrected chi connectivity index (χ0v) is 18.3. The van der Waals surface area contributed by atoms with Crippen LogP contribution in [0, 0.1) is 37.9 Å². The largest absolute Gasteiger partial charge is 0.382 e. The molecule has 1 N–H and O–H groups in total. The Morgan fingerprint density at radius 2 is 1.86 bits per heavy atom. The number of carbonyl (C=O) groups is 1. The molecular formula is C22H24Cl2FN3O. The first-order valence-corrected chi connectivity index (χ1v) is 9.71. The molecule has 0 aliphatic carbocycles. The minimum Gasteiger partial charge on any atom is -0.382 e. The van der Waals surface area contributed by atoms with Crippen LogP contribution in [0.2, 0.25) is 0 Å². The normalized spacial score (nSPS) is 14.1. The third kappa shape index (κ3) is 4.83. The number of hydrogen-bond acceptors (Lipinski definition) is 4. The van der Waals surface area contributed by atoms with Crippen molar-refractivity contribution >= 4 is 40.6 Å². The minimum atomic E-state index is -0.437. The molecule has 0 radical (unpaired) electrons. The molecule has 1 aliphatic heterocycles. The predicted molar refractivity (Wildman–Crippen MR) is 118 cm³/mol. The van der Waals surface area contributed by atoms with Gasteiger partial charge in [0.1, 0.15) is 11.9 Å². The molecule has 154 valence electrons. The first kappa shape index (κ1) is 23.0. The SMILES string of the molecule is Cc1cc(C)c(C(=O)Cl)c(C)c1NC1CCN(c2ccc(F)cc2C#N)CC1.Cl. The Balaban J connectivity index is 0.00000300. The molecule has 1 saturated heterocycles. The third-order valence-corrected chi connectivity index (χ3v) is 5.62. The number of halogens is 3. The Labute approximate surface area is 182 Å². The van der Waals surface area contributed by atoms with Gasteiger partial charge in [-0.1, -0.05) is 6.07 Å². The lowest BCUT2D eigenvalue weighted by Crippen LogP contribution is -2.39. The first-order chi connectivity index (χ1) is 13.3. The Bertz CT molecular complexity index is 964. The maximum Gasteiger partial charge on any atom is 0.253 e. The highest BCUT2D eigenvalue weighted by Crippen LogP contribution is 2.31. The summed E-state index contributed by atoms with van der Waals surface area (Å²) in [4.78, 5) is 13.9. The van der Waals surface area contributed by atoms with Crippen LogP contribution in [0.15, 0.2) is 24.3 Å². The first-order valence-electron chi connectivity index (χ1n) is 9.33. The molecular weight excluding hydrogens is 412 g/mol. The standard InChI is InChI=1S/C22H23ClFN3O.ClH/c1-13-10-14(2)21(15(3)20(13)22(23)28)26-18-6-8-27(9-7-18)19-5-4-17(24)11-16(19)12-25;/h4-5,10-11,18,26H,6-9H2,1-3H3;1H. The predicted octanol–water partition coefficient (Wildman–Crippen LogP) is 5.50. The number of aryl methyl sites for hydroxylation is 2. The molecule has 4 nitrogen and oxygen atoms in total. The fourth-order valence-electron chi connectivity index (χ4n) is 4.05. The van der Waals surface area contributed by atoms with Crippen molar-refractivity contribution in [2.24, 2.45) is 0 Å². The summed E-state index contributed by atoms with van der Waals surface area (Å²) >= 11 is 5.78. The van der Waals surface area contributed by atoms with E-state index in [1.807, 2.05) is 26.8 Å². The highest BCUT2D eigenvalue weighted by atomic mass is 35.5. The Hall–Kier alpha value is -2.29. The van der Waals surface area contributed by atoms with Gasteiger partial charge >= 0.3 is 0 Å². The van der Waals surface area contributed by atoms with Gasteiger partial charge in [-0.25, -0.2) is 4.39 Å². The summed E-state index contributed by atoms with van der Waals surface area (Å²) in [5, 5.41) is 12.4. The van der Waals surface area contributed by atoms with Gasteiger partial charge in [0.2, 0.25) is 0 Å². The van der Waals surface area contributed by atoms with Crippen molar-refractivity contribution in [2.45, 2.75) is 39.7 Å². The summed E-state index contributed by atoms with van der Waals surface area (Å²) in [7, 11) is 0. The second-order valence-electron chi connectivity index (χ2n) is 7.34. The van der Waals surface area contributed by atoms with Gasteiger partial charge in [0, 0.05) is 30.4 Å². The van der Waals surface area contributed by atoms with Gasteiger partial charge in [-0.15, -0.1) is 12.4 Å². The molecule has 0 spiro atoms. The van der Waals surface area contributed by atoms with Crippen LogP contribution in [0.3, 0.4) is 0 Å². The van der Waals surface area contributed by atoms with Crippen LogP contribution >= 0.6 is 24.0 Å². The molecule has 1 fully saturated rings. The van der Waals surface area contributed by atoms with Crippen LogP contribution in [0.25, 0.3) is 0 Å². The molecule has 0 bridgehead atoms. The average molecular weight is 436 g/mol. The van der Waals surface area contributed by atoms with Gasteiger partial charge in [0.25, 0.3) is 5.24 Å². The zero-order valence-electron chi connectivity index (χ0n) is 16.7. The van der Waals surface area contributed by atoms with Crippen LogP contribution in [0.5, 0.6) is 0 Å². The van der Waals surface area contributed by atoms with Gasteiger partial charge in [0.15, 0.2) is 0 Å². The number of piperidine rings is 1. The van der Waals surface area contributed by atoms with Crippen LogP contribution in [0.1, 0.15) is 45.5 Å². The smallest absolute Gasteiger partial charge is 0.253 e. The summed E-state index contributed by atoms with van der Waals surface area (Å²) in [6.07, 6.45) is 1.75. The summed E-state index contributed by atoms with van der Waals surface area (Å²) in [6, 6.07) is 8.66. The molecule has 0 atom stereocenters. The van der Waals surface area contributed by atoms with Crippen LogP contribution in [-0.2, 0) is 0 Å². The number of carbonyl (C=O) groups excluding carboxylic acids is 1. The van der Waals surface area contributed by atoms with Crippen LogP contribution in [0.4, 0.5) is 15.8 Å². The van der Waals surface area contributed by atoms with E-state index in [0.29, 0.717) is 11.1 Å². The zero-order chi connectivity index (χ0) is 20.4. The van der Waals surface area contributed by atoms with E-state index < -0.39 is 11.1 Å². The van der Waals surface area contributed by atoms with Gasteiger partial charge < -0.3 is 10.2 Å². The molecule has 2 aromatic rings. The molecule has 0 aromatic heterocycles. The molecule has 7 heteroatoms. The van der Waals surface area contributed by atoms with E-state index >= 15 is 0 Å². The van der Waals surface area contributed by atoms with E-state index in [9.17, 15) is 14.4 Å². The van der Waals surface area contributed by atoms with Crippen molar-refractivity contribution in [3.05, 3.63) is 57.9 Å². The van der Waals surface area contributed by atoms with Crippen molar-refractivity contribution in [1.29, 1.82) is 5.26 Å². The molecule has 0 unspecified atom stereocenters. The Morgan fingerprint density at radius 1 is 1.21 bits per heavy atom. The van der Waals surface area contributed by atoms with Crippen molar-refractivity contribution < 1.29 is 9.18 Å². The van der Waals surface area contributed by atoms with E-state index in [-0.39, 0.29) is 18.4 Å². The molecule has 29 heavy (non-hydrogen) atoms. The number of benzene rings is 2. The highest BCUT2D eigenvalue weighted by Gasteiger charge is 2.23. The third-order valence-electron chi connectivity index (χ3n) is 5.43.